The molecule has 0 saturated carbocycles. The van der Waals surface area contributed by atoms with Gasteiger partial charge in [0.1, 0.15) is 0 Å². The Labute approximate surface area is 152 Å². The van der Waals surface area contributed by atoms with Crippen molar-refractivity contribution in [3.05, 3.63) is 6.20 Å². The van der Waals surface area contributed by atoms with E-state index in [0.717, 1.165) is 6.42 Å². The zero-order valence-corrected chi connectivity index (χ0v) is 17.8. The lowest BCUT2D eigenvalue weighted by atomic mass is 10.1. The van der Waals surface area contributed by atoms with Crippen LogP contribution in [-0.4, -0.2) is 49.6 Å². The lowest BCUT2D eigenvalue weighted by Crippen LogP contribution is -2.41. The van der Waals surface area contributed by atoms with Crippen LogP contribution < -0.4 is 4.74 Å². The lowest BCUT2D eigenvalue weighted by molar-refractivity contribution is -0.146. The summed E-state index contributed by atoms with van der Waals surface area (Å²) in [7, 11) is -0.344. The van der Waals surface area contributed by atoms with Crippen molar-refractivity contribution in [2.75, 3.05) is 20.3 Å². The minimum Gasteiger partial charge on any atom is -0.475 e. The Morgan fingerprint density at radius 2 is 1.92 bits per heavy atom. The van der Waals surface area contributed by atoms with Crippen molar-refractivity contribution in [3.8, 4) is 5.88 Å². The molecule has 0 N–H and O–H groups in total. The fourth-order valence-electron chi connectivity index (χ4n) is 2.05. The Hall–Kier alpha value is -1.41. The highest BCUT2D eigenvalue weighted by Crippen LogP contribution is 2.36. The van der Waals surface area contributed by atoms with Gasteiger partial charge >= 0.3 is 5.97 Å². The van der Waals surface area contributed by atoms with Gasteiger partial charge in [-0.3, -0.25) is 0 Å². The van der Waals surface area contributed by atoms with Crippen LogP contribution in [-0.2, 0) is 14.0 Å². The predicted octanol–water partition coefficient (Wildman–Crippen LogP) is 3.44. The van der Waals surface area contributed by atoms with E-state index in [2.05, 4.69) is 44.2 Å². The molecular weight excluding hydrogens is 338 g/mol. The highest BCUT2D eigenvalue weighted by molar-refractivity contribution is 6.74. The van der Waals surface area contributed by atoms with Gasteiger partial charge in [-0.15, -0.1) is 0 Å². The Morgan fingerprint density at radius 3 is 2.44 bits per heavy atom. The number of hydrogen-bond donors (Lipinski definition) is 0. The van der Waals surface area contributed by atoms with Crippen LogP contribution in [0.3, 0.4) is 0 Å². The molecule has 0 aliphatic carbocycles. The second-order valence-electron chi connectivity index (χ2n) is 8.06. The van der Waals surface area contributed by atoms with Gasteiger partial charge in [0.2, 0.25) is 0 Å². The summed E-state index contributed by atoms with van der Waals surface area (Å²) in [6, 6.07) is -0.503. The molecule has 0 aliphatic rings. The highest BCUT2D eigenvalue weighted by atomic mass is 28.4. The molecule has 0 radical (unpaired) electrons. The van der Waals surface area contributed by atoms with Crippen molar-refractivity contribution in [1.82, 2.24) is 15.0 Å². The third-order valence-corrected chi connectivity index (χ3v) is 9.19. The second kappa shape index (κ2) is 8.80. The lowest BCUT2D eigenvalue weighted by Gasteiger charge is -2.36. The average Bonchev–Trinajstić information content (AvgIpc) is 2.93. The molecule has 0 unspecified atom stereocenters. The number of esters is 1. The first-order valence-corrected chi connectivity index (χ1v) is 11.7. The maximum atomic E-state index is 11.9. The fourth-order valence-corrected chi connectivity index (χ4v) is 3.14. The standard InChI is InChI=1S/C17H33N3O4Si/c1-13(2)15(16(21)22-6)20-12-14(18-19-20)23-10-9-11-24-25(7,8)17(3,4)5/h12-13,15H,9-11H2,1-8H3/t15-/m0/s1. The zero-order valence-electron chi connectivity index (χ0n) is 16.8. The SMILES string of the molecule is COC(=O)[C@H](C(C)C)n1cc(OCCCO[Si](C)(C)C(C)(C)C)nn1. The molecule has 0 fully saturated rings. The largest absolute Gasteiger partial charge is 0.475 e. The van der Waals surface area contributed by atoms with E-state index < -0.39 is 14.4 Å². The molecule has 25 heavy (non-hydrogen) atoms. The van der Waals surface area contributed by atoms with E-state index in [0.29, 0.717) is 19.1 Å². The quantitative estimate of drug-likeness (QED) is 0.376. The molecule has 8 heteroatoms. The van der Waals surface area contributed by atoms with Gasteiger partial charge in [-0.2, -0.15) is 0 Å². The van der Waals surface area contributed by atoms with Gasteiger partial charge in [-0.1, -0.05) is 44.9 Å². The second-order valence-corrected chi connectivity index (χ2v) is 12.9. The third-order valence-electron chi connectivity index (χ3n) is 4.66. The normalized spacial score (nSPS) is 13.8. The zero-order chi connectivity index (χ0) is 19.3. The van der Waals surface area contributed by atoms with Crippen LogP contribution in [0.5, 0.6) is 5.88 Å². The van der Waals surface area contributed by atoms with Gasteiger partial charge in [-0.05, 0) is 24.1 Å². The molecule has 7 nitrogen and oxygen atoms in total. The summed E-state index contributed by atoms with van der Waals surface area (Å²) in [4.78, 5) is 11.9. The summed E-state index contributed by atoms with van der Waals surface area (Å²) in [5, 5.41) is 8.17. The molecule has 1 atom stereocenters. The summed E-state index contributed by atoms with van der Waals surface area (Å²) in [5.74, 6) is 0.107. The van der Waals surface area contributed by atoms with Crippen molar-refractivity contribution >= 4 is 14.3 Å². The van der Waals surface area contributed by atoms with E-state index in [1.54, 1.807) is 6.20 Å². The van der Waals surface area contributed by atoms with Crippen LogP contribution in [0.25, 0.3) is 0 Å². The van der Waals surface area contributed by atoms with E-state index in [1.165, 1.54) is 11.8 Å². The van der Waals surface area contributed by atoms with Crippen LogP contribution in [0.15, 0.2) is 6.20 Å². The number of nitrogens with zero attached hydrogens (tertiary/aromatic N) is 3. The Balaban J connectivity index is 2.48. The number of methoxy groups -OCH3 is 1. The van der Waals surface area contributed by atoms with Crippen molar-refractivity contribution in [1.29, 1.82) is 0 Å². The summed E-state index contributed by atoms with van der Waals surface area (Å²) in [5.41, 5.74) is 0. The number of aromatic nitrogens is 3. The first-order chi connectivity index (χ1) is 11.5. The molecule has 0 bridgehead atoms. The molecule has 0 aliphatic heterocycles. The number of hydrogen-bond acceptors (Lipinski definition) is 6. The minimum absolute atomic E-state index is 0.0417. The Morgan fingerprint density at radius 1 is 1.28 bits per heavy atom. The van der Waals surface area contributed by atoms with E-state index >= 15 is 0 Å². The van der Waals surface area contributed by atoms with Gasteiger partial charge in [0, 0.05) is 13.0 Å². The van der Waals surface area contributed by atoms with Crippen molar-refractivity contribution < 1.29 is 18.7 Å². The van der Waals surface area contributed by atoms with Gasteiger partial charge in [0.25, 0.3) is 5.88 Å². The maximum Gasteiger partial charge on any atom is 0.330 e. The summed E-state index contributed by atoms with van der Waals surface area (Å²) >= 11 is 0. The molecule has 1 rings (SSSR count). The molecule has 0 spiro atoms. The maximum absolute atomic E-state index is 11.9. The van der Waals surface area contributed by atoms with Crippen molar-refractivity contribution in [3.63, 3.8) is 0 Å². The highest BCUT2D eigenvalue weighted by Gasteiger charge is 2.36. The van der Waals surface area contributed by atoms with E-state index in [-0.39, 0.29) is 16.9 Å². The summed E-state index contributed by atoms with van der Waals surface area (Å²) < 4.78 is 18.1. The smallest absolute Gasteiger partial charge is 0.330 e. The third kappa shape index (κ3) is 6.11. The number of rotatable bonds is 9. The first kappa shape index (κ1) is 21.6. The van der Waals surface area contributed by atoms with Gasteiger partial charge in [0.15, 0.2) is 14.4 Å². The van der Waals surface area contributed by atoms with E-state index in [1.807, 2.05) is 13.8 Å². The van der Waals surface area contributed by atoms with Gasteiger partial charge < -0.3 is 13.9 Å². The number of ether oxygens (including phenoxy) is 2. The monoisotopic (exact) mass is 371 g/mol. The molecule has 0 amide bonds. The molecule has 1 heterocycles. The molecule has 0 saturated heterocycles. The molecule has 144 valence electrons. The van der Waals surface area contributed by atoms with Gasteiger partial charge in [-0.25, -0.2) is 9.48 Å². The number of carbonyl (C=O) groups excluding carboxylic acids is 1. The van der Waals surface area contributed by atoms with Crippen LogP contribution in [0.1, 0.15) is 47.1 Å². The molecule has 1 aromatic rings. The molecule has 0 aromatic carbocycles. The molecular formula is C17H33N3O4Si. The Bertz CT molecular complexity index is 552. The van der Waals surface area contributed by atoms with E-state index in [9.17, 15) is 4.79 Å². The van der Waals surface area contributed by atoms with E-state index in [4.69, 9.17) is 13.9 Å². The number of carbonyl (C=O) groups is 1. The van der Waals surface area contributed by atoms with Crippen LogP contribution in [0.2, 0.25) is 18.1 Å². The summed E-state index contributed by atoms with van der Waals surface area (Å²) in [6.07, 6.45) is 2.42. The predicted molar refractivity (Wildman–Crippen MR) is 99.2 cm³/mol. The Kier molecular flexibility index (Phi) is 7.61. The average molecular weight is 372 g/mol. The van der Waals surface area contributed by atoms with Crippen LogP contribution in [0.4, 0.5) is 0 Å². The summed E-state index contributed by atoms with van der Waals surface area (Å²) in [6.45, 7) is 16.2. The fraction of sp³-hybridized carbons (Fsp3) is 0.824. The van der Waals surface area contributed by atoms with Crippen LogP contribution >= 0.6 is 0 Å². The molecule has 1 aromatic heterocycles. The van der Waals surface area contributed by atoms with Gasteiger partial charge in [0.05, 0.1) is 19.9 Å². The van der Waals surface area contributed by atoms with Crippen molar-refractivity contribution in [2.24, 2.45) is 5.92 Å². The minimum atomic E-state index is -1.71. The first-order valence-electron chi connectivity index (χ1n) is 8.76. The van der Waals surface area contributed by atoms with Crippen LogP contribution in [0, 0.1) is 5.92 Å². The topological polar surface area (TPSA) is 75.5 Å². The van der Waals surface area contributed by atoms with Crippen molar-refractivity contribution in [2.45, 2.75) is 65.2 Å².